The van der Waals surface area contributed by atoms with Gasteiger partial charge in [0.15, 0.2) is 0 Å². The van der Waals surface area contributed by atoms with Crippen molar-refractivity contribution in [3.05, 3.63) is 0 Å². The molecule has 6 heteroatoms. The second-order valence-corrected chi connectivity index (χ2v) is 6.11. The molecule has 1 aliphatic heterocycles. The summed E-state index contributed by atoms with van der Waals surface area (Å²) in [6.45, 7) is 6.83. The predicted molar refractivity (Wildman–Crippen MR) is 73.1 cm³/mol. The number of rotatable bonds is 4. The smallest absolute Gasteiger partial charge is 0.323 e. The first-order valence-corrected chi connectivity index (χ1v) is 6.69. The number of carboxylic acids is 1. The van der Waals surface area contributed by atoms with E-state index >= 15 is 0 Å². The van der Waals surface area contributed by atoms with Crippen molar-refractivity contribution in [3.63, 3.8) is 0 Å². The Bertz CT molecular complexity index is 339. The lowest BCUT2D eigenvalue weighted by molar-refractivity contribution is -0.138. The minimum absolute atomic E-state index is 0.282. The molecule has 1 aliphatic rings. The number of carbonyl (C=O) groups is 2. The standard InChI is InChI=1S/C13H25N3O3/c1-13(2,3)16(9-11(17)18)12(19)14-8-10-6-5-7-15(10)4/h10H,5-9H2,1-4H3,(H,14,19)(H,17,18). The number of amides is 2. The van der Waals surface area contributed by atoms with Crippen LogP contribution in [0.1, 0.15) is 33.6 Å². The van der Waals surface area contributed by atoms with Gasteiger partial charge in [-0.25, -0.2) is 4.79 Å². The molecule has 0 aromatic rings. The Hall–Kier alpha value is -1.30. The van der Waals surface area contributed by atoms with Crippen LogP contribution in [0.15, 0.2) is 0 Å². The minimum Gasteiger partial charge on any atom is -0.480 e. The van der Waals surface area contributed by atoms with E-state index in [1.165, 1.54) is 4.90 Å². The van der Waals surface area contributed by atoms with Crippen LogP contribution in [-0.4, -0.2) is 65.2 Å². The normalized spacial score (nSPS) is 20.3. The maximum absolute atomic E-state index is 12.1. The molecule has 1 atom stereocenters. The summed E-state index contributed by atoms with van der Waals surface area (Å²) in [5.74, 6) is -0.997. The van der Waals surface area contributed by atoms with Gasteiger partial charge in [-0.1, -0.05) is 0 Å². The van der Waals surface area contributed by atoms with Crippen LogP contribution < -0.4 is 5.32 Å². The number of likely N-dealkylation sites (tertiary alicyclic amines) is 1. The summed E-state index contributed by atoms with van der Waals surface area (Å²) in [6, 6.07) is 0.0470. The number of aliphatic carboxylic acids is 1. The molecule has 0 saturated carbocycles. The Balaban J connectivity index is 2.54. The number of carbonyl (C=O) groups excluding carboxylic acids is 1. The number of hydrogen-bond acceptors (Lipinski definition) is 3. The first-order chi connectivity index (χ1) is 8.71. The molecule has 1 heterocycles. The molecule has 0 aromatic heterocycles. The number of hydrogen-bond donors (Lipinski definition) is 2. The number of nitrogens with one attached hydrogen (secondary N) is 1. The molecular formula is C13H25N3O3. The van der Waals surface area contributed by atoms with Crippen molar-refractivity contribution in [1.82, 2.24) is 15.1 Å². The Morgan fingerprint density at radius 1 is 1.42 bits per heavy atom. The van der Waals surface area contributed by atoms with Gasteiger partial charge in [-0.3, -0.25) is 4.79 Å². The molecule has 2 amide bonds. The SMILES string of the molecule is CN1CCCC1CNC(=O)N(CC(=O)O)C(C)(C)C. The fourth-order valence-corrected chi connectivity index (χ4v) is 2.29. The lowest BCUT2D eigenvalue weighted by atomic mass is 10.1. The fourth-order valence-electron chi connectivity index (χ4n) is 2.29. The van der Waals surface area contributed by atoms with Crippen molar-refractivity contribution in [2.75, 3.05) is 26.7 Å². The molecule has 0 aliphatic carbocycles. The fraction of sp³-hybridized carbons (Fsp3) is 0.846. The van der Waals surface area contributed by atoms with E-state index in [9.17, 15) is 9.59 Å². The molecule has 0 bridgehead atoms. The van der Waals surface area contributed by atoms with Crippen molar-refractivity contribution in [2.45, 2.75) is 45.2 Å². The lowest BCUT2D eigenvalue weighted by Gasteiger charge is -2.35. The summed E-state index contributed by atoms with van der Waals surface area (Å²) < 4.78 is 0. The van der Waals surface area contributed by atoms with Crippen LogP contribution in [0.2, 0.25) is 0 Å². The average molecular weight is 271 g/mol. The van der Waals surface area contributed by atoms with E-state index in [2.05, 4.69) is 10.2 Å². The zero-order valence-corrected chi connectivity index (χ0v) is 12.3. The van der Waals surface area contributed by atoms with Crippen LogP contribution in [0, 0.1) is 0 Å². The summed E-state index contributed by atoms with van der Waals surface area (Å²) in [4.78, 5) is 26.5. The first-order valence-electron chi connectivity index (χ1n) is 6.69. The third-order valence-corrected chi connectivity index (χ3v) is 3.51. The molecule has 6 nitrogen and oxygen atoms in total. The summed E-state index contributed by atoms with van der Waals surface area (Å²) in [6.07, 6.45) is 2.22. The third-order valence-electron chi connectivity index (χ3n) is 3.51. The topological polar surface area (TPSA) is 72.9 Å². The molecule has 0 radical (unpaired) electrons. The molecule has 0 spiro atoms. The maximum Gasteiger partial charge on any atom is 0.323 e. The molecule has 1 unspecified atom stereocenters. The van der Waals surface area contributed by atoms with Gasteiger partial charge in [0, 0.05) is 18.1 Å². The number of likely N-dealkylation sites (N-methyl/N-ethyl adjacent to an activating group) is 1. The Morgan fingerprint density at radius 3 is 2.47 bits per heavy atom. The van der Waals surface area contributed by atoms with Gasteiger partial charge in [-0.05, 0) is 47.2 Å². The van der Waals surface area contributed by atoms with Crippen molar-refractivity contribution in [3.8, 4) is 0 Å². The molecule has 0 aromatic carbocycles. The van der Waals surface area contributed by atoms with Gasteiger partial charge in [0.05, 0.1) is 0 Å². The predicted octanol–water partition coefficient (Wildman–Crippen LogP) is 0.975. The van der Waals surface area contributed by atoms with E-state index in [1.807, 2.05) is 27.8 Å². The molecule has 19 heavy (non-hydrogen) atoms. The molecule has 1 fully saturated rings. The summed E-state index contributed by atoms with van der Waals surface area (Å²) in [7, 11) is 2.04. The molecule has 110 valence electrons. The second kappa shape index (κ2) is 6.23. The van der Waals surface area contributed by atoms with Gasteiger partial charge in [-0.15, -0.1) is 0 Å². The van der Waals surface area contributed by atoms with E-state index in [-0.39, 0.29) is 12.6 Å². The van der Waals surface area contributed by atoms with Crippen molar-refractivity contribution < 1.29 is 14.7 Å². The van der Waals surface area contributed by atoms with Crippen molar-refractivity contribution >= 4 is 12.0 Å². The summed E-state index contributed by atoms with van der Waals surface area (Å²) in [5.41, 5.74) is -0.510. The van der Waals surface area contributed by atoms with Crippen LogP contribution in [0.5, 0.6) is 0 Å². The van der Waals surface area contributed by atoms with Crippen molar-refractivity contribution in [2.24, 2.45) is 0 Å². The van der Waals surface area contributed by atoms with Crippen LogP contribution in [0.25, 0.3) is 0 Å². The Kier molecular flexibility index (Phi) is 5.17. The highest BCUT2D eigenvalue weighted by Gasteiger charge is 2.29. The minimum atomic E-state index is -0.997. The maximum atomic E-state index is 12.1. The van der Waals surface area contributed by atoms with Gasteiger partial charge in [0.25, 0.3) is 0 Å². The van der Waals surface area contributed by atoms with Gasteiger partial charge in [0.1, 0.15) is 6.54 Å². The van der Waals surface area contributed by atoms with Crippen molar-refractivity contribution in [1.29, 1.82) is 0 Å². The van der Waals surface area contributed by atoms with Crippen LogP contribution in [-0.2, 0) is 4.79 Å². The molecule has 2 N–H and O–H groups in total. The zero-order chi connectivity index (χ0) is 14.6. The summed E-state index contributed by atoms with van der Waals surface area (Å²) >= 11 is 0. The van der Waals surface area contributed by atoms with Gasteiger partial charge in [-0.2, -0.15) is 0 Å². The molecular weight excluding hydrogens is 246 g/mol. The van der Waals surface area contributed by atoms with Crippen LogP contribution in [0.4, 0.5) is 4.79 Å². The Labute approximate surface area is 114 Å². The number of urea groups is 1. The Morgan fingerprint density at radius 2 is 2.05 bits per heavy atom. The van der Waals surface area contributed by atoms with E-state index in [0.29, 0.717) is 12.6 Å². The highest BCUT2D eigenvalue weighted by Crippen LogP contribution is 2.15. The quantitative estimate of drug-likeness (QED) is 0.799. The van der Waals surface area contributed by atoms with Gasteiger partial charge < -0.3 is 20.2 Å². The first kappa shape index (κ1) is 15.8. The zero-order valence-electron chi connectivity index (χ0n) is 12.3. The van der Waals surface area contributed by atoms with Gasteiger partial charge in [0.2, 0.25) is 0 Å². The van der Waals surface area contributed by atoms with E-state index in [4.69, 9.17) is 5.11 Å². The lowest BCUT2D eigenvalue weighted by Crippen LogP contribution is -2.54. The van der Waals surface area contributed by atoms with E-state index in [1.54, 1.807) is 0 Å². The largest absolute Gasteiger partial charge is 0.480 e. The van der Waals surface area contributed by atoms with Gasteiger partial charge >= 0.3 is 12.0 Å². The van der Waals surface area contributed by atoms with E-state index in [0.717, 1.165) is 19.4 Å². The highest BCUT2D eigenvalue weighted by atomic mass is 16.4. The number of carboxylic acid groups (broad SMARTS) is 1. The highest BCUT2D eigenvalue weighted by molar-refractivity contribution is 5.80. The van der Waals surface area contributed by atoms with E-state index < -0.39 is 11.5 Å². The molecule has 1 saturated heterocycles. The monoisotopic (exact) mass is 271 g/mol. The number of nitrogens with zero attached hydrogens (tertiary/aromatic N) is 2. The average Bonchev–Trinajstić information content (AvgIpc) is 2.67. The summed E-state index contributed by atoms with van der Waals surface area (Å²) in [5, 5.41) is 11.7. The van der Waals surface area contributed by atoms with Crippen LogP contribution in [0.3, 0.4) is 0 Å². The van der Waals surface area contributed by atoms with Crippen LogP contribution >= 0.6 is 0 Å². The second-order valence-electron chi connectivity index (χ2n) is 6.11. The third kappa shape index (κ3) is 4.70. The molecule has 1 rings (SSSR count).